The predicted octanol–water partition coefficient (Wildman–Crippen LogP) is 2.51. The van der Waals surface area contributed by atoms with Gasteiger partial charge in [0.1, 0.15) is 22.8 Å². The maximum absolute atomic E-state index is 15.6. The number of anilines is 1. The van der Waals surface area contributed by atoms with Crippen LogP contribution in [-0.4, -0.2) is 47.1 Å². The number of phenols is 1. The minimum absolute atomic E-state index is 0.0434. The lowest BCUT2D eigenvalue weighted by Gasteiger charge is -2.30. The summed E-state index contributed by atoms with van der Waals surface area (Å²) in [4.78, 5) is 25.6. The first-order valence-corrected chi connectivity index (χ1v) is 8.81. The van der Waals surface area contributed by atoms with Crippen molar-refractivity contribution < 1.29 is 28.5 Å². The molecule has 1 aliphatic rings. The highest BCUT2D eigenvalue weighted by Crippen LogP contribution is 2.32. The summed E-state index contributed by atoms with van der Waals surface area (Å²) in [5.74, 6) is -3.47. The van der Waals surface area contributed by atoms with Gasteiger partial charge in [0.2, 0.25) is 5.43 Å². The Kier molecular flexibility index (Phi) is 4.67. The molecular weight excluding hydrogens is 386 g/mol. The Bertz CT molecular complexity index is 1170. The molecule has 1 saturated heterocycles. The van der Waals surface area contributed by atoms with E-state index in [4.69, 9.17) is 4.74 Å². The molecule has 3 aromatic rings. The average molecular weight is 402 g/mol. The number of aromatic carboxylic acids is 1. The minimum Gasteiger partial charge on any atom is -0.508 e. The Morgan fingerprint density at radius 1 is 1.10 bits per heavy atom. The summed E-state index contributed by atoms with van der Waals surface area (Å²) in [7, 11) is 0. The van der Waals surface area contributed by atoms with Crippen LogP contribution in [-0.2, 0) is 4.74 Å². The molecule has 0 unspecified atom stereocenters. The summed E-state index contributed by atoms with van der Waals surface area (Å²) in [6.45, 7) is 1.16. The highest BCUT2D eigenvalue weighted by molar-refractivity contribution is 5.94. The number of benzene rings is 2. The monoisotopic (exact) mass is 402 g/mol. The van der Waals surface area contributed by atoms with E-state index in [9.17, 15) is 24.2 Å². The van der Waals surface area contributed by atoms with Crippen LogP contribution in [0.15, 0.2) is 41.3 Å². The number of halogens is 2. The van der Waals surface area contributed by atoms with Crippen LogP contribution in [0.25, 0.3) is 16.6 Å². The molecule has 4 rings (SSSR count). The Morgan fingerprint density at radius 2 is 1.76 bits per heavy atom. The number of carboxylic acid groups (broad SMARTS) is 1. The second kappa shape index (κ2) is 7.17. The van der Waals surface area contributed by atoms with Crippen molar-refractivity contribution in [1.82, 2.24) is 4.57 Å². The van der Waals surface area contributed by atoms with Gasteiger partial charge in [-0.25, -0.2) is 13.6 Å². The fraction of sp³-hybridized carbons (Fsp3) is 0.200. The minimum atomic E-state index is -1.51. The normalized spacial score (nSPS) is 14.3. The van der Waals surface area contributed by atoms with Gasteiger partial charge in [0.15, 0.2) is 5.82 Å². The molecular formula is C20H16F2N2O5. The van der Waals surface area contributed by atoms with Crippen LogP contribution in [0.5, 0.6) is 5.75 Å². The number of rotatable bonds is 3. The first-order chi connectivity index (χ1) is 13.9. The van der Waals surface area contributed by atoms with E-state index in [1.54, 1.807) is 0 Å². The van der Waals surface area contributed by atoms with Gasteiger partial charge in [0, 0.05) is 25.0 Å². The first-order valence-electron chi connectivity index (χ1n) is 8.81. The quantitative estimate of drug-likeness (QED) is 0.700. The number of morpholine rings is 1. The fourth-order valence-electron chi connectivity index (χ4n) is 3.45. The van der Waals surface area contributed by atoms with Gasteiger partial charge in [0.25, 0.3) is 0 Å². The van der Waals surface area contributed by atoms with Crippen molar-refractivity contribution in [3.63, 3.8) is 0 Å². The van der Waals surface area contributed by atoms with Gasteiger partial charge in [-0.05, 0) is 30.3 Å². The smallest absolute Gasteiger partial charge is 0.341 e. The number of fused-ring (bicyclic) bond motifs is 1. The largest absolute Gasteiger partial charge is 0.508 e. The van der Waals surface area contributed by atoms with Crippen molar-refractivity contribution >= 4 is 22.6 Å². The number of pyridine rings is 1. The van der Waals surface area contributed by atoms with E-state index in [0.29, 0.717) is 18.9 Å². The molecule has 29 heavy (non-hydrogen) atoms. The van der Waals surface area contributed by atoms with Crippen LogP contribution in [0.4, 0.5) is 14.5 Å². The first kappa shape index (κ1) is 18.9. The number of nitrogens with zero attached hydrogens (tertiary/aromatic N) is 2. The zero-order chi connectivity index (χ0) is 20.7. The molecule has 1 aromatic heterocycles. The third-order valence-electron chi connectivity index (χ3n) is 4.84. The van der Waals surface area contributed by atoms with E-state index in [0.717, 1.165) is 12.3 Å². The average Bonchev–Trinajstić information content (AvgIpc) is 2.70. The summed E-state index contributed by atoms with van der Waals surface area (Å²) >= 11 is 0. The lowest BCUT2D eigenvalue weighted by molar-refractivity contribution is 0.0695. The van der Waals surface area contributed by atoms with Crippen molar-refractivity contribution in [2.24, 2.45) is 0 Å². The molecule has 1 aliphatic heterocycles. The van der Waals surface area contributed by atoms with E-state index >= 15 is 4.39 Å². The van der Waals surface area contributed by atoms with Gasteiger partial charge in [-0.1, -0.05) is 0 Å². The number of aromatic nitrogens is 1. The molecule has 2 heterocycles. The molecule has 0 bridgehead atoms. The van der Waals surface area contributed by atoms with Gasteiger partial charge >= 0.3 is 5.97 Å². The standard InChI is InChI=1S/C20H16F2N2O5/c21-15-9-13-17(16(22)18(15)23-5-7-29-8-6-23)24(10-14(19(13)26)20(27)28)11-1-3-12(25)4-2-11/h1-4,9-10,25H,5-8H2,(H,27,28). The van der Waals surface area contributed by atoms with Crippen LogP contribution in [0.1, 0.15) is 10.4 Å². The lowest BCUT2D eigenvalue weighted by Crippen LogP contribution is -2.37. The van der Waals surface area contributed by atoms with Crippen molar-refractivity contribution in [2.45, 2.75) is 0 Å². The second-order valence-corrected chi connectivity index (χ2v) is 6.58. The Balaban J connectivity index is 2.08. The highest BCUT2D eigenvalue weighted by atomic mass is 19.1. The summed E-state index contributed by atoms with van der Waals surface area (Å²) < 4.78 is 36.8. The molecule has 2 aromatic carbocycles. The topological polar surface area (TPSA) is 92.0 Å². The van der Waals surface area contributed by atoms with Crippen molar-refractivity contribution in [2.75, 3.05) is 31.2 Å². The summed E-state index contributed by atoms with van der Waals surface area (Å²) in [5.41, 5.74) is -1.84. The lowest BCUT2D eigenvalue weighted by atomic mass is 10.1. The van der Waals surface area contributed by atoms with Crippen LogP contribution in [0, 0.1) is 11.6 Å². The Morgan fingerprint density at radius 3 is 2.38 bits per heavy atom. The number of ether oxygens (including phenoxy) is 1. The van der Waals surface area contributed by atoms with Crippen molar-refractivity contribution in [1.29, 1.82) is 0 Å². The van der Waals surface area contributed by atoms with Gasteiger partial charge in [-0.3, -0.25) is 4.79 Å². The van der Waals surface area contributed by atoms with Crippen LogP contribution in [0.2, 0.25) is 0 Å². The molecule has 1 fully saturated rings. The van der Waals surface area contributed by atoms with Crippen molar-refractivity contribution in [3.05, 3.63) is 63.9 Å². The van der Waals surface area contributed by atoms with E-state index in [1.807, 2.05) is 0 Å². The third-order valence-corrected chi connectivity index (χ3v) is 4.84. The molecule has 0 amide bonds. The van der Waals surface area contributed by atoms with E-state index < -0.39 is 28.6 Å². The summed E-state index contributed by atoms with van der Waals surface area (Å²) in [6.07, 6.45) is 1.00. The van der Waals surface area contributed by atoms with Gasteiger partial charge < -0.3 is 24.4 Å². The maximum Gasteiger partial charge on any atom is 0.341 e. The molecule has 0 saturated carbocycles. The molecule has 0 atom stereocenters. The predicted molar refractivity (Wildman–Crippen MR) is 101 cm³/mol. The molecule has 9 heteroatoms. The van der Waals surface area contributed by atoms with Crippen molar-refractivity contribution in [3.8, 4) is 11.4 Å². The Hall–Kier alpha value is -3.46. The summed E-state index contributed by atoms with van der Waals surface area (Å²) in [6, 6.07) is 6.41. The van der Waals surface area contributed by atoms with Gasteiger partial charge in [-0.2, -0.15) is 0 Å². The van der Waals surface area contributed by atoms with Gasteiger partial charge in [-0.15, -0.1) is 0 Å². The number of phenolic OH excluding ortho intramolecular Hbond substituents is 1. The number of carboxylic acids is 1. The number of hydrogen-bond donors (Lipinski definition) is 2. The third kappa shape index (κ3) is 3.19. The van der Waals surface area contributed by atoms with E-state index in [1.165, 1.54) is 33.7 Å². The highest BCUT2D eigenvalue weighted by Gasteiger charge is 2.26. The second-order valence-electron chi connectivity index (χ2n) is 6.58. The fourth-order valence-corrected chi connectivity index (χ4v) is 3.45. The number of hydrogen-bond acceptors (Lipinski definition) is 5. The molecule has 7 nitrogen and oxygen atoms in total. The maximum atomic E-state index is 15.6. The Labute approximate surface area is 163 Å². The zero-order valence-corrected chi connectivity index (χ0v) is 15.1. The van der Waals surface area contributed by atoms with E-state index in [-0.39, 0.29) is 35.4 Å². The van der Waals surface area contributed by atoms with Gasteiger partial charge in [0.05, 0.1) is 24.1 Å². The van der Waals surface area contributed by atoms with Crippen LogP contribution < -0.4 is 10.3 Å². The van der Waals surface area contributed by atoms with Crippen LogP contribution >= 0.6 is 0 Å². The molecule has 0 spiro atoms. The SMILES string of the molecule is O=C(O)c1cn(-c2ccc(O)cc2)c2c(F)c(N3CCOCC3)c(F)cc2c1=O. The summed E-state index contributed by atoms with van der Waals surface area (Å²) in [5, 5.41) is 18.5. The number of aromatic hydroxyl groups is 1. The molecule has 150 valence electrons. The molecule has 2 N–H and O–H groups in total. The van der Waals surface area contributed by atoms with Crippen LogP contribution in [0.3, 0.4) is 0 Å². The van der Waals surface area contributed by atoms with E-state index in [2.05, 4.69) is 0 Å². The molecule has 0 aliphatic carbocycles. The molecule has 0 radical (unpaired) electrons. The number of carbonyl (C=O) groups is 1. The zero-order valence-electron chi connectivity index (χ0n) is 15.1.